The smallest absolute Gasteiger partial charge is 0.335 e. The number of piperazine rings is 1. The van der Waals surface area contributed by atoms with E-state index < -0.39 is 24.5 Å². The fourth-order valence-corrected chi connectivity index (χ4v) is 1.57. The van der Waals surface area contributed by atoms with Gasteiger partial charge in [-0.1, -0.05) is 0 Å². The van der Waals surface area contributed by atoms with Gasteiger partial charge in [0, 0.05) is 25.5 Å². The summed E-state index contributed by atoms with van der Waals surface area (Å²) in [7, 11) is 0. The molecule has 0 aromatic carbocycles. The summed E-state index contributed by atoms with van der Waals surface area (Å²) in [6.07, 6.45) is 0.718. The zero-order valence-corrected chi connectivity index (χ0v) is 8.98. The summed E-state index contributed by atoms with van der Waals surface area (Å²) < 4.78 is 25.9. The molecule has 0 spiro atoms. The third kappa shape index (κ3) is 3.01. The molecule has 2 heterocycles. The first-order chi connectivity index (χ1) is 8.16. The normalized spacial score (nSPS) is 24.9. The number of hydrogen-bond donors (Lipinski definition) is 2. The highest BCUT2D eigenvalue weighted by molar-refractivity contribution is 5.76. The SMILES string of the molecule is O=C(On1cccc1)C1CNC(C(F)F)CN1. The molecule has 17 heavy (non-hydrogen) atoms. The lowest BCUT2D eigenvalue weighted by Crippen LogP contribution is -2.60. The van der Waals surface area contributed by atoms with E-state index in [0.717, 1.165) is 0 Å². The number of nitrogens with one attached hydrogen (secondary N) is 2. The van der Waals surface area contributed by atoms with Crippen molar-refractivity contribution in [2.75, 3.05) is 13.1 Å². The van der Waals surface area contributed by atoms with E-state index in [9.17, 15) is 13.6 Å². The summed E-state index contributed by atoms with van der Waals surface area (Å²) >= 11 is 0. The van der Waals surface area contributed by atoms with Crippen molar-refractivity contribution in [1.82, 2.24) is 15.4 Å². The van der Waals surface area contributed by atoms with Crippen LogP contribution in [0.5, 0.6) is 0 Å². The summed E-state index contributed by atoms with van der Waals surface area (Å²) in [6.45, 7) is 0.179. The van der Waals surface area contributed by atoms with Crippen molar-refractivity contribution in [1.29, 1.82) is 0 Å². The number of hydrogen-bond acceptors (Lipinski definition) is 4. The maximum absolute atomic E-state index is 12.3. The van der Waals surface area contributed by atoms with Gasteiger partial charge in [-0.3, -0.25) is 0 Å². The molecule has 1 aromatic heterocycles. The Bertz CT molecular complexity index is 362. The number of alkyl halides is 2. The van der Waals surface area contributed by atoms with Crippen molar-refractivity contribution >= 4 is 5.97 Å². The zero-order valence-electron chi connectivity index (χ0n) is 8.98. The highest BCUT2D eigenvalue weighted by Gasteiger charge is 2.30. The van der Waals surface area contributed by atoms with Gasteiger partial charge in [0.15, 0.2) is 0 Å². The largest absolute Gasteiger partial charge is 0.350 e. The van der Waals surface area contributed by atoms with Crippen LogP contribution in [0.15, 0.2) is 24.5 Å². The van der Waals surface area contributed by atoms with Gasteiger partial charge < -0.3 is 15.5 Å². The van der Waals surface area contributed by atoms with E-state index in [1.807, 2.05) is 0 Å². The maximum atomic E-state index is 12.3. The van der Waals surface area contributed by atoms with Crippen molar-refractivity contribution in [3.63, 3.8) is 0 Å². The molecule has 1 aliphatic rings. The van der Waals surface area contributed by atoms with E-state index >= 15 is 0 Å². The van der Waals surface area contributed by atoms with Crippen molar-refractivity contribution in [2.24, 2.45) is 0 Å². The first-order valence-corrected chi connectivity index (χ1v) is 5.27. The Morgan fingerprint density at radius 3 is 2.53 bits per heavy atom. The number of rotatable bonds is 3. The van der Waals surface area contributed by atoms with Crippen LogP contribution in [0.1, 0.15) is 0 Å². The van der Waals surface area contributed by atoms with E-state index in [-0.39, 0.29) is 13.1 Å². The monoisotopic (exact) mass is 245 g/mol. The van der Waals surface area contributed by atoms with Crippen molar-refractivity contribution in [2.45, 2.75) is 18.5 Å². The van der Waals surface area contributed by atoms with E-state index in [2.05, 4.69) is 10.6 Å². The van der Waals surface area contributed by atoms with Crippen LogP contribution in [0.4, 0.5) is 8.78 Å². The van der Waals surface area contributed by atoms with E-state index in [1.54, 1.807) is 24.5 Å². The molecule has 1 aromatic rings. The first-order valence-electron chi connectivity index (χ1n) is 5.27. The molecule has 1 aliphatic heterocycles. The molecular formula is C10H13F2N3O2. The highest BCUT2D eigenvalue weighted by Crippen LogP contribution is 2.04. The lowest BCUT2D eigenvalue weighted by atomic mass is 10.1. The van der Waals surface area contributed by atoms with Gasteiger partial charge in [-0.05, 0) is 12.1 Å². The second-order valence-electron chi connectivity index (χ2n) is 3.76. The molecule has 2 atom stereocenters. The second-order valence-corrected chi connectivity index (χ2v) is 3.76. The van der Waals surface area contributed by atoms with Crippen LogP contribution >= 0.6 is 0 Å². The topological polar surface area (TPSA) is 55.3 Å². The molecule has 2 unspecified atom stereocenters. The summed E-state index contributed by atoms with van der Waals surface area (Å²) in [5.74, 6) is -0.499. The summed E-state index contributed by atoms with van der Waals surface area (Å²) in [5.41, 5.74) is 0. The van der Waals surface area contributed by atoms with Crippen LogP contribution in [0.2, 0.25) is 0 Å². The van der Waals surface area contributed by atoms with Gasteiger partial charge in [0.05, 0.1) is 6.04 Å². The molecule has 94 valence electrons. The second kappa shape index (κ2) is 5.24. The van der Waals surface area contributed by atoms with Gasteiger partial charge in [0.2, 0.25) is 0 Å². The molecule has 1 saturated heterocycles. The Morgan fingerprint density at radius 1 is 1.29 bits per heavy atom. The lowest BCUT2D eigenvalue weighted by Gasteiger charge is -2.29. The molecule has 5 nitrogen and oxygen atoms in total. The van der Waals surface area contributed by atoms with Gasteiger partial charge in [0.25, 0.3) is 6.43 Å². The molecule has 1 fully saturated rings. The molecule has 0 saturated carbocycles. The van der Waals surface area contributed by atoms with Crippen LogP contribution in [0, 0.1) is 0 Å². The quantitative estimate of drug-likeness (QED) is 0.763. The van der Waals surface area contributed by atoms with E-state index in [0.29, 0.717) is 0 Å². The molecule has 2 rings (SSSR count). The first kappa shape index (κ1) is 12.0. The van der Waals surface area contributed by atoms with Crippen molar-refractivity contribution in [3.05, 3.63) is 24.5 Å². The maximum Gasteiger partial charge on any atom is 0.350 e. The third-order valence-electron chi connectivity index (χ3n) is 2.53. The van der Waals surface area contributed by atoms with Crippen LogP contribution in [0.3, 0.4) is 0 Å². The zero-order chi connectivity index (χ0) is 12.3. The molecular weight excluding hydrogens is 232 g/mol. The Hall–Kier alpha value is -1.47. The van der Waals surface area contributed by atoms with Gasteiger partial charge in [-0.25, -0.2) is 13.6 Å². The molecule has 0 aliphatic carbocycles. The highest BCUT2D eigenvalue weighted by atomic mass is 19.3. The minimum Gasteiger partial charge on any atom is -0.335 e. The molecule has 0 bridgehead atoms. The summed E-state index contributed by atoms with van der Waals surface area (Å²) in [5, 5.41) is 5.34. The number of carbonyl (C=O) groups is 1. The van der Waals surface area contributed by atoms with E-state index in [4.69, 9.17) is 4.84 Å². The Kier molecular flexibility index (Phi) is 3.70. The Morgan fingerprint density at radius 2 is 2.00 bits per heavy atom. The minimum absolute atomic E-state index is 0.0448. The van der Waals surface area contributed by atoms with Gasteiger partial charge in [-0.2, -0.15) is 4.73 Å². The van der Waals surface area contributed by atoms with Crippen LogP contribution in [-0.4, -0.2) is 42.3 Å². The lowest BCUT2D eigenvalue weighted by molar-refractivity contribution is -0.147. The minimum atomic E-state index is -2.44. The standard InChI is InChI=1S/C10H13F2N3O2/c11-9(12)7-5-14-8(6-13-7)10(16)17-15-3-1-2-4-15/h1-4,7-9,13-14H,5-6H2. The van der Waals surface area contributed by atoms with Crippen LogP contribution in [0.25, 0.3) is 0 Å². The number of aromatic nitrogens is 1. The predicted octanol–water partition coefficient (Wildman–Crippen LogP) is -0.362. The summed E-state index contributed by atoms with van der Waals surface area (Å²) in [6, 6.07) is 1.91. The molecule has 7 heteroatoms. The van der Waals surface area contributed by atoms with Gasteiger partial charge in [-0.15, -0.1) is 0 Å². The molecule has 2 N–H and O–H groups in total. The van der Waals surface area contributed by atoms with Crippen molar-refractivity contribution < 1.29 is 18.4 Å². The fourth-order valence-electron chi connectivity index (χ4n) is 1.57. The Balaban J connectivity index is 1.82. The number of carbonyl (C=O) groups excluding carboxylic acids is 1. The fraction of sp³-hybridized carbons (Fsp3) is 0.500. The van der Waals surface area contributed by atoms with Crippen LogP contribution in [-0.2, 0) is 4.79 Å². The molecule has 0 amide bonds. The van der Waals surface area contributed by atoms with Gasteiger partial charge >= 0.3 is 5.97 Å². The van der Waals surface area contributed by atoms with Crippen LogP contribution < -0.4 is 15.5 Å². The summed E-state index contributed by atoms with van der Waals surface area (Å²) in [4.78, 5) is 16.6. The van der Waals surface area contributed by atoms with Crippen molar-refractivity contribution in [3.8, 4) is 0 Å². The average Bonchev–Trinajstić information content (AvgIpc) is 2.82. The Labute approximate surface area is 96.7 Å². The van der Waals surface area contributed by atoms with E-state index in [1.165, 1.54) is 4.73 Å². The predicted molar refractivity (Wildman–Crippen MR) is 55.6 cm³/mol. The number of nitrogens with zero attached hydrogens (tertiary/aromatic N) is 1. The molecule has 0 radical (unpaired) electrons. The third-order valence-corrected chi connectivity index (χ3v) is 2.53. The van der Waals surface area contributed by atoms with Gasteiger partial charge in [0.1, 0.15) is 6.04 Å². The average molecular weight is 245 g/mol. The number of halogens is 2.